The van der Waals surface area contributed by atoms with Crippen LogP contribution in [0, 0.1) is 5.92 Å². The van der Waals surface area contributed by atoms with Gasteiger partial charge in [0.05, 0.1) is 6.61 Å². The highest BCUT2D eigenvalue weighted by atomic mass is 16.6. The van der Waals surface area contributed by atoms with Crippen molar-refractivity contribution in [1.29, 1.82) is 0 Å². The van der Waals surface area contributed by atoms with Gasteiger partial charge in [0.15, 0.2) is 0 Å². The minimum Gasteiger partial charge on any atom is -0.458 e. The molecule has 3 N–H and O–H groups in total. The Morgan fingerprint density at radius 1 is 1.54 bits per heavy atom. The molecular weight excluding hydrogens is 170 g/mol. The summed E-state index contributed by atoms with van der Waals surface area (Å²) in [4.78, 5) is 11.2. The molecule has 13 heavy (non-hydrogen) atoms. The van der Waals surface area contributed by atoms with Crippen molar-refractivity contribution in [3.63, 3.8) is 0 Å². The third kappa shape index (κ3) is 3.74. The summed E-state index contributed by atoms with van der Waals surface area (Å²) in [6.45, 7) is 7.17. The third-order valence-electron chi connectivity index (χ3n) is 2.25. The van der Waals surface area contributed by atoms with Crippen LogP contribution in [0.5, 0.6) is 0 Å². The summed E-state index contributed by atoms with van der Waals surface area (Å²) in [5.41, 5.74) is 4.76. The zero-order chi connectivity index (χ0) is 10.6. The predicted octanol–water partition coefficient (Wildman–Crippen LogP) is 0.284. The van der Waals surface area contributed by atoms with E-state index in [9.17, 15) is 4.79 Å². The molecule has 0 amide bonds. The molecule has 0 rings (SSSR count). The van der Waals surface area contributed by atoms with Gasteiger partial charge in [0, 0.05) is 0 Å². The van der Waals surface area contributed by atoms with E-state index in [2.05, 4.69) is 0 Å². The Morgan fingerprint density at radius 3 is 2.31 bits per heavy atom. The van der Waals surface area contributed by atoms with Crippen LogP contribution in [0.1, 0.15) is 27.7 Å². The molecule has 0 unspecified atom stereocenters. The molecule has 78 valence electrons. The van der Waals surface area contributed by atoms with E-state index in [0.717, 1.165) is 0 Å². The number of aliphatic hydroxyl groups excluding tert-OH is 1. The molecule has 0 fully saturated rings. The lowest BCUT2D eigenvalue weighted by atomic mass is 9.94. The molecule has 0 aliphatic carbocycles. The van der Waals surface area contributed by atoms with Gasteiger partial charge in [-0.2, -0.15) is 0 Å². The topological polar surface area (TPSA) is 72.5 Å². The summed E-state index contributed by atoms with van der Waals surface area (Å²) < 4.78 is 5.13. The van der Waals surface area contributed by atoms with E-state index in [1.807, 2.05) is 27.7 Å². The van der Waals surface area contributed by atoms with Gasteiger partial charge in [0.1, 0.15) is 11.6 Å². The highest BCUT2D eigenvalue weighted by Gasteiger charge is 2.28. The SMILES string of the molecule is CC(C)C(C)(C)OC(=O)[C@@H](N)CO. The average Bonchev–Trinajstić information content (AvgIpc) is 2.01. The monoisotopic (exact) mass is 189 g/mol. The molecule has 0 radical (unpaired) electrons. The van der Waals surface area contributed by atoms with E-state index in [4.69, 9.17) is 15.6 Å². The second kappa shape index (κ2) is 4.58. The van der Waals surface area contributed by atoms with Crippen LogP contribution in [0.3, 0.4) is 0 Å². The Hall–Kier alpha value is -0.610. The maximum atomic E-state index is 11.2. The molecule has 0 aromatic heterocycles. The van der Waals surface area contributed by atoms with Crippen molar-refractivity contribution in [1.82, 2.24) is 0 Å². The van der Waals surface area contributed by atoms with Gasteiger partial charge >= 0.3 is 5.97 Å². The van der Waals surface area contributed by atoms with Crippen LogP contribution < -0.4 is 5.73 Å². The molecular formula is C9H19NO3. The first-order valence-electron chi connectivity index (χ1n) is 4.40. The van der Waals surface area contributed by atoms with Crippen molar-refractivity contribution in [2.75, 3.05) is 6.61 Å². The number of esters is 1. The van der Waals surface area contributed by atoms with Crippen LogP contribution in [0.4, 0.5) is 0 Å². The smallest absolute Gasteiger partial charge is 0.325 e. The number of carbonyl (C=O) groups is 1. The highest BCUT2D eigenvalue weighted by Crippen LogP contribution is 2.20. The fourth-order valence-corrected chi connectivity index (χ4v) is 0.527. The highest BCUT2D eigenvalue weighted by molar-refractivity contribution is 5.76. The van der Waals surface area contributed by atoms with Gasteiger partial charge in [-0.15, -0.1) is 0 Å². The largest absolute Gasteiger partial charge is 0.458 e. The van der Waals surface area contributed by atoms with Crippen LogP contribution in [0.2, 0.25) is 0 Å². The minimum atomic E-state index is -0.932. The molecule has 0 aromatic carbocycles. The molecule has 0 spiro atoms. The van der Waals surface area contributed by atoms with Crippen LogP contribution in [-0.2, 0) is 9.53 Å². The van der Waals surface area contributed by atoms with Crippen molar-refractivity contribution in [3.05, 3.63) is 0 Å². The van der Waals surface area contributed by atoms with Gasteiger partial charge in [0.2, 0.25) is 0 Å². The van der Waals surface area contributed by atoms with E-state index >= 15 is 0 Å². The summed E-state index contributed by atoms with van der Waals surface area (Å²) >= 11 is 0. The van der Waals surface area contributed by atoms with Gasteiger partial charge in [0.25, 0.3) is 0 Å². The van der Waals surface area contributed by atoms with Crippen LogP contribution in [0.25, 0.3) is 0 Å². The molecule has 0 heterocycles. The maximum Gasteiger partial charge on any atom is 0.325 e. The predicted molar refractivity (Wildman–Crippen MR) is 50.1 cm³/mol. The number of hydrogen-bond acceptors (Lipinski definition) is 4. The van der Waals surface area contributed by atoms with Crippen LogP contribution >= 0.6 is 0 Å². The Balaban J connectivity index is 4.19. The number of ether oxygens (including phenoxy) is 1. The molecule has 0 bridgehead atoms. The molecule has 4 heteroatoms. The molecule has 0 aromatic rings. The Morgan fingerprint density at radius 2 is 2.00 bits per heavy atom. The van der Waals surface area contributed by atoms with Crippen molar-refractivity contribution < 1.29 is 14.6 Å². The average molecular weight is 189 g/mol. The number of rotatable bonds is 4. The lowest BCUT2D eigenvalue weighted by Crippen LogP contribution is -2.42. The number of carbonyl (C=O) groups excluding carboxylic acids is 1. The fourth-order valence-electron chi connectivity index (χ4n) is 0.527. The lowest BCUT2D eigenvalue weighted by molar-refractivity contribution is -0.163. The van der Waals surface area contributed by atoms with Gasteiger partial charge in [-0.1, -0.05) is 13.8 Å². The standard InChI is InChI=1S/C9H19NO3/c1-6(2)9(3,4)13-8(12)7(10)5-11/h6-7,11H,5,10H2,1-4H3/t7-/m0/s1. The van der Waals surface area contributed by atoms with Crippen molar-refractivity contribution in [2.24, 2.45) is 11.7 Å². The maximum absolute atomic E-state index is 11.2. The van der Waals surface area contributed by atoms with E-state index < -0.39 is 17.6 Å². The third-order valence-corrected chi connectivity index (χ3v) is 2.25. The quantitative estimate of drug-likeness (QED) is 0.623. The van der Waals surface area contributed by atoms with Crippen molar-refractivity contribution >= 4 is 5.97 Å². The Kier molecular flexibility index (Phi) is 4.36. The van der Waals surface area contributed by atoms with E-state index in [1.54, 1.807) is 0 Å². The second-order valence-electron chi connectivity index (χ2n) is 3.97. The lowest BCUT2D eigenvalue weighted by Gasteiger charge is -2.30. The summed E-state index contributed by atoms with van der Waals surface area (Å²) in [6, 6.07) is -0.932. The number of nitrogens with two attached hydrogens (primary N) is 1. The second-order valence-corrected chi connectivity index (χ2v) is 3.97. The van der Waals surface area contributed by atoms with Crippen molar-refractivity contribution in [2.45, 2.75) is 39.3 Å². The normalized spacial score (nSPS) is 14.4. The molecule has 0 saturated heterocycles. The molecule has 0 aliphatic rings. The van der Waals surface area contributed by atoms with E-state index in [-0.39, 0.29) is 12.5 Å². The van der Waals surface area contributed by atoms with E-state index in [0.29, 0.717) is 0 Å². The number of aliphatic hydroxyl groups is 1. The Bertz CT molecular complexity index is 178. The first-order valence-corrected chi connectivity index (χ1v) is 4.40. The van der Waals surface area contributed by atoms with Gasteiger partial charge in [-0.25, -0.2) is 0 Å². The molecule has 4 nitrogen and oxygen atoms in total. The van der Waals surface area contributed by atoms with Gasteiger partial charge in [-0.05, 0) is 19.8 Å². The van der Waals surface area contributed by atoms with Crippen LogP contribution in [-0.4, -0.2) is 29.3 Å². The molecule has 1 atom stereocenters. The van der Waals surface area contributed by atoms with E-state index in [1.165, 1.54) is 0 Å². The van der Waals surface area contributed by atoms with Gasteiger partial charge in [-0.3, -0.25) is 4.79 Å². The first-order chi connectivity index (χ1) is 5.81. The summed E-state index contributed by atoms with van der Waals surface area (Å²) in [5, 5.41) is 8.61. The fraction of sp³-hybridized carbons (Fsp3) is 0.889. The Labute approximate surface area is 79.1 Å². The minimum absolute atomic E-state index is 0.211. The zero-order valence-electron chi connectivity index (χ0n) is 8.70. The van der Waals surface area contributed by atoms with Crippen molar-refractivity contribution in [3.8, 4) is 0 Å². The summed E-state index contributed by atoms with van der Waals surface area (Å²) in [5.74, 6) is -0.344. The zero-order valence-corrected chi connectivity index (χ0v) is 8.70. The van der Waals surface area contributed by atoms with Gasteiger partial charge < -0.3 is 15.6 Å². The number of hydrogen-bond donors (Lipinski definition) is 2. The van der Waals surface area contributed by atoms with Crippen LogP contribution in [0.15, 0.2) is 0 Å². The molecule has 0 saturated carbocycles. The summed E-state index contributed by atoms with van der Waals surface area (Å²) in [6.07, 6.45) is 0. The summed E-state index contributed by atoms with van der Waals surface area (Å²) in [7, 11) is 0. The first kappa shape index (κ1) is 12.4. The molecule has 0 aliphatic heterocycles.